The predicted octanol–water partition coefficient (Wildman–Crippen LogP) is 4.95. The van der Waals surface area contributed by atoms with Crippen molar-refractivity contribution in [1.29, 1.82) is 0 Å². The van der Waals surface area contributed by atoms with E-state index in [0.717, 1.165) is 5.92 Å². The highest BCUT2D eigenvalue weighted by Gasteiger charge is 1.75. The third-order valence-corrected chi connectivity index (χ3v) is 1.04. The summed E-state index contributed by atoms with van der Waals surface area (Å²) >= 11 is 0. The smallest absolute Gasteiger partial charge is 0.0263 e. The van der Waals surface area contributed by atoms with E-state index in [1.165, 1.54) is 5.56 Å². The zero-order valence-electron chi connectivity index (χ0n) is 10.2. The van der Waals surface area contributed by atoms with Crippen LogP contribution in [0.25, 0.3) is 6.08 Å². The molecular formula is C15H22. The Morgan fingerprint density at radius 2 is 1.40 bits per heavy atom. The Kier molecular flexibility index (Phi) is 13.3. The van der Waals surface area contributed by atoms with Gasteiger partial charge in [-0.1, -0.05) is 76.9 Å². The first-order valence-corrected chi connectivity index (χ1v) is 5.05. The summed E-state index contributed by atoms with van der Waals surface area (Å²) in [5.74, 6) is 0.833. The molecule has 0 N–H and O–H groups in total. The number of benzene rings is 1. The van der Waals surface area contributed by atoms with Crippen LogP contribution < -0.4 is 0 Å². The van der Waals surface area contributed by atoms with Gasteiger partial charge in [0.1, 0.15) is 0 Å². The maximum atomic E-state index is 3.63. The normalized spacial score (nSPS) is 7.47. The molecule has 0 spiro atoms. The number of hydrogen-bond donors (Lipinski definition) is 0. The van der Waals surface area contributed by atoms with Crippen LogP contribution in [-0.2, 0) is 0 Å². The Labute approximate surface area is 94.7 Å². The predicted molar refractivity (Wildman–Crippen MR) is 71.8 cm³/mol. The minimum absolute atomic E-state index is 0.833. The lowest BCUT2D eigenvalue weighted by Crippen LogP contribution is -1.66. The largest absolute Gasteiger partial charge is 0.137 e. The summed E-state index contributed by atoms with van der Waals surface area (Å²) in [6.45, 7) is 16.4. The Balaban J connectivity index is 0. The van der Waals surface area contributed by atoms with Gasteiger partial charge in [0.05, 0.1) is 0 Å². The SMILES string of the molecule is C=C=C.C=Cc1ccccc1.CC(C)C. The summed E-state index contributed by atoms with van der Waals surface area (Å²) in [6, 6.07) is 10.0. The molecule has 0 radical (unpaired) electrons. The molecule has 0 aliphatic heterocycles. The average molecular weight is 202 g/mol. The van der Waals surface area contributed by atoms with E-state index in [0.29, 0.717) is 0 Å². The van der Waals surface area contributed by atoms with Crippen LogP contribution in [0.3, 0.4) is 0 Å². The monoisotopic (exact) mass is 202 g/mol. The second kappa shape index (κ2) is 12.5. The van der Waals surface area contributed by atoms with Crippen LogP contribution in [0.5, 0.6) is 0 Å². The molecule has 0 atom stereocenters. The fourth-order valence-electron chi connectivity index (χ4n) is 0.589. The van der Waals surface area contributed by atoms with Crippen molar-refractivity contribution in [2.75, 3.05) is 0 Å². The fourth-order valence-corrected chi connectivity index (χ4v) is 0.589. The molecule has 82 valence electrons. The zero-order valence-corrected chi connectivity index (χ0v) is 10.2. The summed E-state index contributed by atoms with van der Waals surface area (Å²) in [5, 5.41) is 0. The first-order chi connectivity index (χ1) is 7.08. The van der Waals surface area contributed by atoms with Gasteiger partial charge in [-0.3, -0.25) is 0 Å². The highest BCUT2D eigenvalue weighted by atomic mass is 13.8. The van der Waals surface area contributed by atoms with Gasteiger partial charge in [0.15, 0.2) is 0 Å². The minimum atomic E-state index is 0.833. The Morgan fingerprint density at radius 1 is 1.07 bits per heavy atom. The quantitative estimate of drug-likeness (QED) is 0.565. The molecule has 0 saturated heterocycles. The van der Waals surface area contributed by atoms with E-state index in [2.05, 4.69) is 46.2 Å². The topological polar surface area (TPSA) is 0 Å². The molecule has 0 bridgehead atoms. The fraction of sp³-hybridized carbons (Fsp3) is 0.267. The lowest BCUT2D eigenvalue weighted by molar-refractivity contribution is 0.737. The maximum absolute atomic E-state index is 3.63. The van der Waals surface area contributed by atoms with Crippen molar-refractivity contribution >= 4 is 6.08 Å². The summed E-state index contributed by atoms with van der Waals surface area (Å²) in [4.78, 5) is 0. The van der Waals surface area contributed by atoms with E-state index in [4.69, 9.17) is 0 Å². The van der Waals surface area contributed by atoms with E-state index in [-0.39, 0.29) is 0 Å². The van der Waals surface area contributed by atoms with Gasteiger partial charge in [-0.2, -0.15) is 0 Å². The molecule has 0 nitrogen and oxygen atoms in total. The summed E-state index contributed by atoms with van der Waals surface area (Å²) in [7, 11) is 0. The van der Waals surface area contributed by atoms with Crippen molar-refractivity contribution in [3.8, 4) is 0 Å². The van der Waals surface area contributed by atoms with Crippen molar-refractivity contribution in [3.63, 3.8) is 0 Å². The van der Waals surface area contributed by atoms with Gasteiger partial charge in [-0.05, 0) is 11.5 Å². The van der Waals surface area contributed by atoms with Crippen LogP contribution in [0.2, 0.25) is 0 Å². The van der Waals surface area contributed by atoms with Crippen molar-refractivity contribution in [1.82, 2.24) is 0 Å². The molecule has 0 aliphatic carbocycles. The van der Waals surface area contributed by atoms with Gasteiger partial charge in [-0.15, -0.1) is 5.73 Å². The van der Waals surface area contributed by atoms with Gasteiger partial charge in [0, 0.05) is 0 Å². The van der Waals surface area contributed by atoms with Crippen LogP contribution in [-0.4, -0.2) is 0 Å². The van der Waals surface area contributed by atoms with Gasteiger partial charge in [-0.25, -0.2) is 0 Å². The highest BCUT2D eigenvalue weighted by Crippen LogP contribution is 1.97. The number of hydrogen-bond acceptors (Lipinski definition) is 0. The van der Waals surface area contributed by atoms with Gasteiger partial charge in [0.2, 0.25) is 0 Å². The molecule has 0 fully saturated rings. The second-order valence-electron chi connectivity index (χ2n) is 3.60. The van der Waals surface area contributed by atoms with Crippen LogP contribution in [0, 0.1) is 5.92 Å². The maximum Gasteiger partial charge on any atom is -0.0263 e. The van der Waals surface area contributed by atoms with Crippen molar-refractivity contribution in [2.24, 2.45) is 5.92 Å². The van der Waals surface area contributed by atoms with Crippen molar-refractivity contribution < 1.29 is 0 Å². The molecule has 0 heterocycles. The highest BCUT2D eigenvalue weighted by molar-refractivity contribution is 5.45. The molecular weight excluding hydrogens is 180 g/mol. The van der Waals surface area contributed by atoms with Crippen LogP contribution in [0.4, 0.5) is 0 Å². The Bertz CT molecular complexity index is 259. The molecule has 0 saturated carbocycles. The lowest BCUT2D eigenvalue weighted by Gasteiger charge is -1.85. The summed E-state index contributed by atoms with van der Waals surface area (Å²) in [6.07, 6.45) is 1.83. The molecule has 0 amide bonds. The average Bonchev–Trinajstić information content (AvgIpc) is 2.19. The third-order valence-electron chi connectivity index (χ3n) is 1.04. The first-order valence-electron chi connectivity index (χ1n) is 5.05. The van der Waals surface area contributed by atoms with Crippen LogP contribution >= 0.6 is 0 Å². The molecule has 15 heavy (non-hydrogen) atoms. The van der Waals surface area contributed by atoms with Gasteiger partial charge in [0.25, 0.3) is 0 Å². The van der Waals surface area contributed by atoms with Gasteiger partial charge < -0.3 is 0 Å². The number of rotatable bonds is 1. The van der Waals surface area contributed by atoms with Crippen molar-refractivity contribution in [2.45, 2.75) is 20.8 Å². The standard InChI is InChI=1S/C8H8.C4H10.C3H4/c1-2-8-6-4-3-5-7-8;1-4(2)3;1-3-2/h2-7H,1H2;4H,1-3H3;1-2H2. The Morgan fingerprint density at radius 3 is 1.60 bits per heavy atom. The molecule has 1 rings (SSSR count). The van der Waals surface area contributed by atoms with Crippen molar-refractivity contribution in [3.05, 3.63) is 61.4 Å². The Hall–Kier alpha value is -1.52. The van der Waals surface area contributed by atoms with Gasteiger partial charge >= 0.3 is 0 Å². The molecule has 0 unspecified atom stereocenters. The third kappa shape index (κ3) is 19.1. The van der Waals surface area contributed by atoms with E-state index in [1.54, 1.807) is 0 Å². The van der Waals surface area contributed by atoms with E-state index in [1.807, 2.05) is 36.4 Å². The summed E-state index contributed by atoms with van der Waals surface area (Å²) in [5.41, 5.74) is 3.42. The first kappa shape index (κ1) is 15.9. The zero-order chi connectivity index (χ0) is 12.1. The van der Waals surface area contributed by atoms with Crippen LogP contribution in [0.1, 0.15) is 26.3 Å². The molecule has 1 aromatic carbocycles. The van der Waals surface area contributed by atoms with E-state index >= 15 is 0 Å². The molecule has 0 heteroatoms. The lowest BCUT2D eigenvalue weighted by atomic mass is 10.2. The van der Waals surface area contributed by atoms with E-state index < -0.39 is 0 Å². The van der Waals surface area contributed by atoms with E-state index in [9.17, 15) is 0 Å². The minimum Gasteiger partial charge on any atom is -0.137 e. The molecule has 0 aliphatic rings. The molecule has 1 aromatic rings. The van der Waals surface area contributed by atoms with Crippen LogP contribution in [0.15, 0.2) is 55.8 Å². The molecule has 0 aromatic heterocycles. The summed E-state index contributed by atoms with van der Waals surface area (Å²) < 4.78 is 0. The second-order valence-corrected chi connectivity index (χ2v) is 3.60.